The van der Waals surface area contributed by atoms with Crippen molar-refractivity contribution in [2.75, 3.05) is 6.61 Å². The van der Waals surface area contributed by atoms with Crippen LogP contribution in [0.5, 0.6) is 0 Å². The van der Waals surface area contributed by atoms with Gasteiger partial charge in [-0.2, -0.15) is 13.2 Å². The fraction of sp³-hybridized carbons (Fsp3) is 0.400. The van der Waals surface area contributed by atoms with Crippen molar-refractivity contribution < 1.29 is 37.4 Å². The van der Waals surface area contributed by atoms with Crippen molar-refractivity contribution in [1.29, 1.82) is 0 Å². The predicted molar refractivity (Wildman–Crippen MR) is 120 cm³/mol. The molecule has 0 aromatic heterocycles. The zero-order valence-corrected chi connectivity index (χ0v) is 18.7. The Bertz CT molecular complexity index is 1070. The summed E-state index contributed by atoms with van der Waals surface area (Å²) >= 11 is 0. The van der Waals surface area contributed by atoms with Gasteiger partial charge in [-0.3, -0.25) is 9.59 Å². The molecule has 0 aliphatic heterocycles. The van der Waals surface area contributed by atoms with Crippen LogP contribution in [0.2, 0.25) is 0 Å². The van der Waals surface area contributed by atoms with Crippen molar-refractivity contribution in [2.45, 2.75) is 49.9 Å². The number of benzene rings is 2. The fourth-order valence-electron chi connectivity index (χ4n) is 4.94. The number of aliphatic carboxylic acids is 1. The van der Waals surface area contributed by atoms with Gasteiger partial charge in [0.25, 0.3) is 0 Å². The van der Waals surface area contributed by atoms with Crippen LogP contribution in [0.4, 0.5) is 18.0 Å². The molecule has 186 valence electrons. The quantitative estimate of drug-likeness (QED) is 0.539. The van der Waals surface area contributed by atoms with Crippen molar-refractivity contribution in [3.05, 3.63) is 59.7 Å². The molecule has 7 nitrogen and oxygen atoms in total. The Hall–Kier alpha value is -3.56. The van der Waals surface area contributed by atoms with Gasteiger partial charge in [0.1, 0.15) is 12.6 Å². The molecule has 3 unspecified atom stereocenters. The van der Waals surface area contributed by atoms with E-state index in [1.807, 2.05) is 48.5 Å². The summed E-state index contributed by atoms with van der Waals surface area (Å²) in [7, 11) is 0. The lowest BCUT2D eigenvalue weighted by atomic mass is 9.98. The van der Waals surface area contributed by atoms with Gasteiger partial charge in [-0.15, -0.1) is 0 Å². The molecule has 2 aliphatic rings. The van der Waals surface area contributed by atoms with E-state index in [2.05, 4.69) is 5.32 Å². The van der Waals surface area contributed by atoms with Gasteiger partial charge in [0.15, 0.2) is 0 Å². The van der Waals surface area contributed by atoms with Gasteiger partial charge < -0.3 is 20.5 Å². The summed E-state index contributed by atoms with van der Waals surface area (Å²) in [4.78, 5) is 35.9. The number of halogens is 3. The number of carbonyl (C=O) groups is 3. The summed E-state index contributed by atoms with van der Waals surface area (Å²) < 4.78 is 44.9. The smallest absolute Gasteiger partial charge is 0.409 e. The van der Waals surface area contributed by atoms with Crippen LogP contribution in [0, 0.1) is 5.92 Å². The minimum Gasteiger partial charge on any atom is -0.481 e. The molecule has 2 amide bonds. The molecule has 10 heteroatoms. The van der Waals surface area contributed by atoms with Crippen LogP contribution in [0.1, 0.15) is 42.7 Å². The molecule has 0 spiro atoms. The first kappa shape index (κ1) is 24.6. The average molecular weight is 490 g/mol. The van der Waals surface area contributed by atoms with Crippen LogP contribution < -0.4 is 10.6 Å². The lowest BCUT2D eigenvalue weighted by molar-refractivity contribution is -0.171. The van der Waals surface area contributed by atoms with Crippen molar-refractivity contribution in [2.24, 2.45) is 5.92 Å². The number of carboxylic acid groups (broad SMARTS) is 1. The number of rotatable bonds is 7. The molecular formula is C25H25F3N2O5. The fourth-order valence-corrected chi connectivity index (χ4v) is 4.94. The number of carboxylic acids is 1. The SMILES string of the molecule is O=C(O)CC(NC(=O)C1CCCC1NC(=O)OCC1c2ccccc2-c2ccccc21)C(F)(F)F. The number of amides is 2. The van der Waals surface area contributed by atoms with Gasteiger partial charge in [-0.05, 0) is 35.1 Å². The van der Waals surface area contributed by atoms with Crippen LogP contribution in [0.3, 0.4) is 0 Å². The molecular weight excluding hydrogens is 465 g/mol. The van der Waals surface area contributed by atoms with E-state index >= 15 is 0 Å². The van der Waals surface area contributed by atoms with Crippen molar-refractivity contribution in [3.8, 4) is 11.1 Å². The molecule has 3 atom stereocenters. The van der Waals surface area contributed by atoms with Gasteiger partial charge in [0.2, 0.25) is 5.91 Å². The van der Waals surface area contributed by atoms with E-state index in [-0.39, 0.29) is 18.9 Å². The van der Waals surface area contributed by atoms with E-state index < -0.39 is 48.6 Å². The van der Waals surface area contributed by atoms with Gasteiger partial charge >= 0.3 is 18.2 Å². The van der Waals surface area contributed by atoms with E-state index in [0.29, 0.717) is 12.8 Å². The number of ether oxygens (including phenoxy) is 1. The molecule has 0 radical (unpaired) electrons. The van der Waals surface area contributed by atoms with Crippen LogP contribution in [-0.4, -0.2) is 47.9 Å². The van der Waals surface area contributed by atoms with E-state index in [9.17, 15) is 27.6 Å². The normalized spacial score (nSPS) is 20.0. The number of fused-ring (bicyclic) bond motifs is 3. The first-order valence-corrected chi connectivity index (χ1v) is 11.4. The monoisotopic (exact) mass is 490 g/mol. The third-order valence-electron chi connectivity index (χ3n) is 6.59. The molecule has 1 fully saturated rings. The maximum atomic E-state index is 13.1. The third kappa shape index (κ3) is 5.41. The summed E-state index contributed by atoms with van der Waals surface area (Å²) in [6.45, 7) is 0.0677. The highest BCUT2D eigenvalue weighted by Crippen LogP contribution is 2.44. The Morgan fingerprint density at radius 3 is 2.17 bits per heavy atom. The number of hydrogen-bond donors (Lipinski definition) is 3. The summed E-state index contributed by atoms with van der Waals surface area (Å²) in [5.74, 6) is -3.67. The number of alkyl halides is 3. The summed E-state index contributed by atoms with van der Waals surface area (Å²) in [6, 6.07) is 12.5. The zero-order valence-electron chi connectivity index (χ0n) is 18.7. The molecule has 2 aliphatic carbocycles. The highest BCUT2D eigenvalue weighted by atomic mass is 19.4. The molecule has 4 rings (SSSR count). The Balaban J connectivity index is 1.37. The van der Waals surface area contributed by atoms with Crippen LogP contribution in [-0.2, 0) is 14.3 Å². The number of carbonyl (C=O) groups excluding carboxylic acids is 2. The Morgan fingerprint density at radius 2 is 1.60 bits per heavy atom. The molecule has 1 saturated carbocycles. The molecule has 2 aromatic carbocycles. The number of nitrogens with one attached hydrogen (secondary N) is 2. The van der Waals surface area contributed by atoms with E-state index in [0.717, 1.165) is 22.3 Å². The van der Waals surface area contributed by atoms with Gasteiger partial charge in [-0.1, -0.05) is 55.0 Å². The third-order valence-corrected chi connectivity index (χ3v) is 6.59. The standard InChI is InChI=1S/C25H25F3N2O5/c26-25(27,28)21(12-22(31)32)30-23(33)18-10-5-11-20(18)29-24(34)35-13-19-16-8-3-1-6-14(16)15-7-2-4-9-17(15)19/h1-4,6-9,18-21H,5,10-13H2,(H,29,34)(H,30,33)(H,31,32). The van der Waals surface area contributed by atoms with Crippen LogP contribution in [0.25, 0.3) is 11.1 Å². The van der Waals surface area contributed by atoms with Gasteiger partial charge in [0, 0.05) is 12.0 Å². The number of hydrogen-bond acceptors (Lipinski definition) is 4. The molecule has 0 bridgehead atoms. The highest BCUT2D eigenvalue weighted by Gasteiger charge is 2.44. The zero-order chi connectivity index (χ0) is 25.2. The second-order valence-corrected chi connectivity index (χ2v) is 8.81. The van der Waals surface area contributed by atoms with Crippen molar-refractivity contribution in [1.82, 2.24) is 10.6 Å². The highest BCUT2D eigenvalue weighted by molar-refractivity contribution is 5.82. The summed E-state index contributed by atoms with van der Waals surface area (Å²) in [6.07, 6.45) is -5.72. The Kier molecular flexibility index (Phi) is 7.00. The van der Waals surface area contributed by atoms with Crippen molar-refractivity contribution >= 4 is 18.0 Å². The summed E-state index contributed by atoms with van der Waals surface area (Å²) in [5, 5.41) is 13.2. The largest absolute Gasteiger partial charge is 0.481 e. The Labute approximate surface area is 199 Å². The average Bonchev–Trinajstić information content (AvgIpc) is 3.39. The molecule has 3 N–H and O–H groups in total. The Morgan fingerprint density at radius 1 is 1.00 bits per heavy atom. The first-order valence-electron chi connectivity index (χ1n) is 11.4. The topological polar surface area (TPSA) is 105 Å². The maximum Gasteiger partial charge on any atom is 0.409 e. The molecule has 0 heterocycles. The molecule has 35 heavy (non-hydrogen) atoms. The van der Waals surface area contributed by atoms with E-state index in [1.54, 1.807) is 5.32 Å². The second kappa shape index (κ2) is 9.97. The minimum absolute atomic E-state index is 0.0677. The predicted octanol–water partition coefficient (Wildman–Crippen LogP) is 4.22. The number of alkyl carbamates (subject to hydrolysis) is 1. The van der Waals surface area contributed by atoms with Crippen molar-refractivity contribution in [3.63, 3.8) is 0 Å². The molecule has 2 aromatic rings. The van der Waals surface area contributed by atoms with Crippen LogP contribution >= 0.6 is 0 Å². The van der Waals surface area contributed by atoms with Gasteiger partial charge in [0.05, 0.1) is 12.3 Å². The lowest BCUT2D eigenvalue weighted by Crippen LogP contribution is -2.51. The van der Waals surface area contributed by atoms with Gasteiger partial charge in [-0.25, -0.2) is 4.79 Å². The minimum atomic E-state index is -4.90. The molecule has 0 saturated heterocycles. The van der Waals surface area contributed by atoms with E-state index in [1.165, 1.54) is 0 Å². The second-order valence-electron chi connectivity index (χ2n) is 8.81. The summed E-state index contributed by atoms with van der Waals surface area (Å²) in [5.41, 5.74) is 4.22. The van der Waals surface area contributed by atoms with E-state index in [4.69, 9.17) is 9.84 Å². The van der Waals surface area contributed by atoms with Crippen LogP contribution in [0.15, 0.2) is 48.5 Å². The maximum absolute atomic E-state index is 13.1. The lowest BCUT2D eigenvalue weighted by Gasteiger charge is -2.25. The first-order chi connectivity index (χ1) is 16.6.